The van der Waals surface area contributed by atoms with Gasteiger partial charge in [0.1, 0.15) is 0 Å². The third-order valence-electron chi connectivity index (χ3n) is 0.848. The molecule has 0 bridgehead atoms. The van der Waals surface area contributed by atoms with Gasteiger partial charge < -0.3 is 20.1 Å². The fraction of sp³-hybridized carbons (Fsp3) is 0.800. The van der Waals surface area contributed by atoms with Crippen molar-refractivity contribution in [1.29, 1.82) is 0 Å². The summed E-state index contributed by atoms with van der Waals surface area (Å²) in [4.78, 5) is 9.62. The largest absolute Gasteiger partial charge is 1.00 e. The average molecular weight is 173 g/mol. The van der Waals surface area contributed by atoms with Crippen molar-refractivity contribution in [2.24, 2.45) is 0 Å². The van der Waals surface area contributed by atoms with E-state index in [-0.39, 0.29) is 76.0 Å². The minimum absolute atomic E-state index is 0. The van der Waals surface area contributed by atoms with E-state index < -0.39 is 0 Å². The smallest absolute Gasteiger partial charge is 0.870 e. The molecule has 0 radical (unpaired) electrons. The Kier molecular flexibility index (Phi) is 22.2. The van der Waals surface area contributed by atoms with Crippen molar-refractivity contribution in [3.8, 4) is 0 Å². The van der Waals surface area contributed by atoms with Crippen molar-refractivity contribution < 1.29 is 71.5 Å². The molecule has 0 saturated heterocycles. The molecule has 0 aromatic carbocycles. The number of hydrogen-bond acceptors (Lipinski definition) is 4. The summed E-state index contributed by atoms with van der Waals surface area (Å²) in [6, 6.07) is 0. The molecule has 0 spiro atoms. The van der Waals surface area contributed by atoms with Gasteiger partial charge in [0.2, 0.25) is 0 Å². The van der Waals surface area contributed by atoms with E-state index in [1.165, 1.54) is 7.11 Å². The number of aliphatic hydroxyl groups excluding tert-OH is 1. The zero-order valence-corrected chi connectivity index (χ0v) is 9.33. The van der Waals surface area contributed by atoms with Crippen molar-refractivity contribution in [1.82, 2.24) is 0 Å². The number of hydrogen-bond donors (Lipinski definition) is 1. The van der Waals surface area contributed by atoms with Crippen LogP contribution in [0.2, 0.25) is 0 Å². The maximum absolute atomic E-state index is 9.62. The predicted octanol–water partition coefficient (Wildman–Crippen LogP) is -3.68. The first-order valence-electron chi connectivity index (χ1n) is 2.33. The molecule has 0 aromatic rings. The van der Waals surface area contributed by atoms with Crippen molar-refractivity contribution >= 4 is 6.29 Å². The van der Waals surface area contributed by atoms with Crippen LogP contribution in [-0.4, -0.2) is 36.7 Å². The molecular formula is C5H10KO4-. The zero-order valence-electron chi connectivity index (χ0n) is 6.20. The fourth-order valence-electron chi connectivity index (χ4n) is 0.315. The maximum Gasteiger partial charge on any atom is 1.00 e. The normalized spacial score (nSPS) is 10.6. The van der Waals surface area contributed by atoms with Crippen LogP contribution in [0.1, 0.15) is 6.42 Å². The second-order valence-corrected chi connectivity index (χ2v) is 1.39. The van der Waals surface area contributed by atoms with Crippen LogP contribution in [0.4, 0.5) is 0 Å². The number of ether oxygens (including phenoxy) is 1. The first-order chi connectivity index (χ1) is 3.85. The van der Waals surface area contributed by atoms with Gasteiger partial charge in [-0.05, 0) is 0 Å². The summed E-state index contributed by atoms with van der Waals surface area (Å²) in [5.74, 6) is 0. The van der Waals surface area contributed by atoms with E-state index in [9.17, 15) is 4.79 Å². The van der Waals surface area contributed by atoms with Gasteiger partial charge in [-0.1, -0.05) is 0 Å². The monoisotopic (exact) mass is 173 g/mol. The van der Waals surface area contributed by atoms with Crippen LogP contribution < -0.4 is 51.4 Å². The molecule has 0 aliphatic carbocycles. The van der Waals surface area contributed by atoms with Crippen LogP contribution in [0.3, 0.4) is 0 Å². The zero-order chi connectivity index (χ0) is 6.41. The summed E-state index contributed by atoms with van der Waals surface area (Å²) < 4.78 is 4.63. The Morgan fingerprint density at radius 3 is 2.30 bits per heavy atom. The molecule has 0 amide bonds. The minimum Gasteiger partial charge on any atom is -0.870 e. The standard InChI is InChI=1S/C5H9O3.K.H2O/c1-8-5(4-7)2-3-6;;/h5,7H,2,4H2,1H3;;1H2/q-1;+1;/p-1/t5-;;/m1../s1. The quantitative estimate of drug-likeness (QED) is 0.351. The molecule has 5 heteroatoms. The summed E-state index contributed by atoms with van der Waals surface area (Å²) in [5, 5.41) is 8.35. The second-order valence-electron chi connectivity index (χ2n) is 1.39. The summed E-state index contributed by atoms with van der Waals surface area (Å²) in [6.07, 6.45) is 1.41. The molecule has 0 fully saturated rings. The van der Waals surface area contributed by atoms with Crippen LogP contribution in [0.25, 0.3) is 0 Å². The van der Waals surface area contributed by atoms with Gasteiger partial charge >= 0.3 is 51.4 Å². The predicted molar refractivity (Wildman–Crippen MR) is 30.1 cm³/mol. The molecule has 0 aliphatic rings. The Balaban J connectivity index is -0.000000245. The van der Waals surface area contributed by atoms with Gasteiger partial charge in [-0.3, -0.25) is 6.29 Å². The summed E-state index contributed by atoms with van der Waals surface area (Å²) in [6.45, 7) is -0.119. The van der Waals surface area contributed by atoms with E-state index in [1.807, 2.05) is 0 Å². The SMILES string of the molecule is CO[C@@H](CO)C[C-]=O.[K+].[OH-]. The van der Waals surface area contributed by atoms with Crippen LogP contribution in [0.15, 0.2) is 0 Å². The first kappa shape index (κ1) is 17.3. The molecule has 0 rings (SSSR count). The van der Waals surface area contributed by atoms with E-state index in [0.717, 1.165) is 0 Å². The molecule has 0 unspecified atom stereocenters. The Morgan fingerprint density at radius 2 is 2.20 bits per heavy atom. The third-order valence-corrected chi connectivity index (χ3v) is 0.848. The topological polar surface area (TPSA) is 76.5 Å². The van der Waals surface area contributed by atoms with Gasteiger partial charge in [0.15, 0.2) is 0 Å². The minimum atomic E-state index is -0.368. The molecule has 1 atom stereocenters. The van der Waals surface area contributed by atoms with Crippen molar-refractivity contribution in [3.63, 3.8) is 0 Å². The Bertz CT molecular complexity index is 64.7. The summed E-state index contributed by atoms with van der Waals surface area (Å²) in [5.41, 5.74) is 0. The summed E-state index contributed by atoms with van der Waals surface area (Å²) in [7, 11) is 1.44. The molecule has 4 nitrogen and oxygen atoms in total. The molecule has 2 N–H and O–H groups in total. The summed E-state index contributed by atoms with van der Waals surface area (Å²) >= 11 is 0. The maximum atomic E-state index is 9.62. The first-order valence-corrected chi connectivity index (χ1v) is 2.33. The molecule has 0 aliphatic heterocycles. The van der Waals surface area contributed by atoms with Crippen LogP contribution >= 0.6 is 0 Å². The molecule has 56 valence electrons. The van der Waals surface area contributed by atoms with Gasteiger partial charge in [0.05, 0.1) is 12.7 Å². The number of methoxy groups -OCH3 is 1. The molecule has 10 heavy (non-hydrogen) atoms. The second kappa shape index (κ2) is 12.8. The van der Waals surface area contributed by atoms with Crippen molar-refractivity contribution in [2.45, 2.75) is 12.5 Å². The van der Waals surface area contributed by atoms with E-state index in [4.69, 9.17) is 5.11 Å². The number of aliphatic hydroxyl groups is 1. The fourth-order valence-corrected chi connectivity index (χ4v) is 0.315. The van der Waals surface area contributed by atoms with Gasteiger partial charge in [0.25, 0.3) is 0 Å². The van der Waals surface area contributed by atoms with E-state index in [2.05, 4.69) is 4.74 Å². The van der Waals surface area contributed by atoms with Gasteiger partial charge in [-0.15, -0.1) is 6.42 Å². The van der Waals surface area contributed by atoms with E-state index in [0.29, 0.717) is 0 Å². The average Bonchev–Trinajstić information content (AvgIpc) is 1.83. The molecule has 0 saturated carbocycles. The van der Waals surface area contributed by atoms with Crippen LogP contribution in [0, 0.1) is 0 Å². The Labute approximate surface area is 103 Å². The van der Waals surface area contributed by atoms with Crippen LogP contribution in [-0.2, 0) is 9.53 Å². The van der Waals surface area contributed by atoms with Gasteiger partial charge in [0, 0.05) is 7.11 Å². The van der Waals surface area contributed by atoms with E-state index >= 15 is 0 Å². The van der Waals surface area contributed by atoms with Gasteiger partial charge in [-0.2, -0.15) is 0 Å². The number of carbonyl (C=O) groups excluding carboxylic acids is 1. The molecule has 0 aromatic heterocycles. The number of rotatable bonds is 4. The molecule has 0 heterocycles. The van der Waals surface area contributed by atoms with Crippen LogP contribution in [0.5, 0.6) is 0 Å². The Hall–Kier alpha value is 1.19. The van der Waals surface area contributed by atoms with Crippen molar-refractivity contribution in [2.75, 3.05) is 13.7 Å². The Morgan fingerprint density at radius 1 is 1.70 bits per heavy atom. The van der Waals surface area contributed by atoms with Crippen molar-refractivity contribution in [3.05, 3.63) is 0 Å². The van der Waals surface area contributed by atoms with Gasteiger partial charge in [-0.25, -0.2) is 0 Å². The van der Waals surface area contributed by atoms with E-state index in [1.54, 1.807) is 6.29 Å². The molecular weight excluding hydrogens is 163 g/mol. The third kappa shape index (κ3) is 9.19.